The van der Waals surface area contributed by atoms with Crippen LogP contribution in [0.3, 0.4) is 0 Å². The van der Waals surface area contributed by atoms with Crippen molar-refractivity contribution < 1.29 is 28.5 Å². The number of rotatable bonds is 12. The van der Waals surface area contributed by atoms with E-state index in [9.17, 15) is 14.5 Å². The predicted octanol–water partition coefficient (Wildman–Crippen LogP) is 1.34. The Labute approximate surface area is 187 Å². The molecule has 0 saturated carbocycles. The maximum atomic E-state index is 12.2. The Morgan fingerprint density at radius 2 is 1.97 bits per heavy atom. The smallest absolute Gasteiger partial charge is 0.462 e. The number of hydrogen-bond acceptors (Lipinski definition) is 11. The number of anilines is 2. The van der Waals surface area contributed by atoms with Gasteiger partial charge in [0.05, 0.1) is 18.5 Å². The lowest BCUT2D eigenvalue weighted by atomic mass is 10.2. The van der Waals surface area contributed by atoms with Crippen LogP contribution < -0.4 is 16.1 Å². The highest BCUT2D eigenvalue weighted by atomic mass is 31.1. The van der Waals surface area contributed by atoms with Crippen molar-refractivity contribution >= 4 is 37.1 Å². The predicted molar refractivity (Wildman–Crippen MR) is 118 cm³/mol. The van der Waals surface area contributed by atoms with Crippen LogP contribution in [-0.4, -0.2) is 68.6 Å². The van der Waals surface area contributed by atoms with Crippen LogP contribution in [0, 0.1) is 0 Å². The van der Waals surface area contributed by atoms with E-state index < -0.39 is 38.6 Å². The molecular weight excluding hydrogens is 441 g/mol. The fourth-order valence-corrected chi connectivity index (χ4v) is 3.49. The van der Waals surface area contributed by atoms with E-state index in [4.69, 9.17) is 19.7 Å². The van der Waals surface area contributed by atoms with Crippen molar-refractivity contribution in [3.63, 3.8) is 0 Å². The summed E-state index contributed by atoms with van der Waals surface area (Å²) in [5.41, 5.74) is 6.73. The zero-order chi connectivity index (χ0) is 24.0. The van der Waals surface area contributed by atoms with Gasteiger partial charge in [0.1, 0.15) is 25.0 Å². The second-order valence-corrected chi connectivity index (χ2v) is 8.44. The van der Waals surface area contributed by atoms with Gasteiger partial charge in [-0.3, -0.25) is 9.36 Å². The molecule has 2 rings (SSSR count). The number of aliphatic hydroxyl groups is 1. The molecule has 0 aromatic carbocycles. The number of carbonyl (C=O) groups is 1. The zero-order valence-electron chi connectivity index (χ0n) is 19.0. The van der Waals surface area contributed by atoms with Crippen LogP contribution in [0.15, 0.2) is 6.33 Å². The first-order valence-corrected chi connectivity index (χ1v) is 11.3. The highest BCUT2D eigenvalue weighted by Gasteiger charge is 2.31. The average Bonchev–Trinajstić information content (AvgIpc) is 3.13. The molecule has 0 aliphatic rings. The third-order valence-corrected chi connectivity index (χ3v) is 5.32. The van der Waals surface area contributed by atoms with Crippen LogP contribution in [0.2, 0.25) is 0 Å². The Bertz CT molecular complexity index is 938. The average molecular weight is 472 g/mol. The minimum Gasteiger partial charge on any atom is -0.462 e. The molecule has 5 atom stereocenters. The van der Waals surface area contributed by atoms with Gasteiger partial charge in [0.2, 0.25) is 5.95 Å². The summed E-state index contributed by atoms with van der Waals surface area (Å²) in [6, 6.07) is -0.824. The molecule has 0 spiro atoms. The van der Waals surface area contributed by atoms with Crippen LogP contribution >= 0.6 is 8.18 Å². The molecule has 32 heavy (non-hydrogen) atoms. The van der Waals surface area contributed by atoms with Crippen molar-refractivity contribution in [2.24, 2.45) is 0 Å². The van der Waals surface area contributed by atoms with E-state index in [1.165, 1.54) is 20.2 Å². The first-order chi connectivity index (χ1) is 15.0. The van der Waals surface area contributed by atoms with Gasteiger partial charge in [0, 0.05) is 7.05 Å². The second-order valence-electron chi connectivity index (χ2n) is 7.41. The maximum Gasteiger partial charge on any atom is 0.613 e. The van der Waals surface area contributed by atoms with E-state index in [1.54, 1.807) is 32.4 Å². The molecule has 0 aliphatic carbocycles. The van der Waals surface area contributed by atoms with Gasteiger partial charge >= 0.3 is 14.1 Å². The summed E-state index contributed by atoms with van der Waals surface area (Å²) in [6.45, 7) is 8.02. The van der Waals surface area contributed by atoms with Crippen LogP contribution in [0.4, 0.5) is 11.8 Å². The number of aliphatic hydroxyl groups excluding tert-OH is 1. The van der Waals surface area contributed by atoms with E-state index in [0.717, 1.165) is 0 Å². The molecule has 5 N–H and O–H groups in total. The topological polar surface area (TPSA) is 176 Å². The lowest BCUT2D eigenvalue weighted by Crippen LogP contribution is -2.35. The number of esters is 1. The van der Waals surface area contributed by atoms with E-state index in [-0.39, 0.29) is 18.7 Å². The summed E-state index contributed by atoms with van der Waals surface area (Å²) in [5, 5.41) is 15.5. The first-order valence-electron chi connectivity index (χ1n) is 10.1. The van der Waals surface area contributed by atoms with Gasteiger partial charge in [-0.25, -0.2) is 4.98 Å². The molecule has 0 fully saturated rings. The molecule has 0 saturated heterocycles. The minimum atomic E-state index is -2.40. The normalized spacial score (nSPS) is 15.9. The molecule has 2 aromatic heterocycles. The number of hydrogen-bond donors (Lipinski definition) is 4. The van der Waals surface area contributed by atoms with E-state index in [0.29, 0.717) is 17.0 Å². The summed E-state index contributed by atoms with van der Waals surface area (Å²) in [5.74, 6) is -0.000441. The maximum absolute atomic E-state index is 12.2. The Morgan fingerprint density at radius 3 is 2.56 bits per heavy atom. The van der Waals surface area contributed by atoms with Crippen molar-refractivity contribution in [3.8, 4) is 0 Å². The minimum absolute atomic E-state index is 0.0689. The van der Waals surface area contributed by atoms with Gasteiger partial charge < -0.3 is 25.6 Å². The van der Waals surface area contributed by atoms with Crippen molar-refractivity contribution in [3.05, 3.63) is 6.33 Å². The van der Waals surface area contributed by atoms with E-state index >= 15 is 0 Å². The molecule has 0 aliphatic heterocycles. The summed E-state index contributed by atoms with van der Waals surface area (Å²) in [6.07, 6.45) is -1.15. The number of carbonyl (C=O) groups excluding carboxylic acids is 1. The van der Waals surface area contributed by atoms with E-state index in [1.807, 2.05) is 0 Å². The van der Waals surface area contributed by atoms with Crippen molar-refractivity contribution in [2.45, 2.75) is 65.2 Å². The highest BCUT2D eigenvalue weighted by molar-refractivity contribution is 7.36. The number of aromatic nitrogens is 4. The largest absolute Gasteiger partial charge is 0.613 e. The van der Waals surface area contributed by atoms with Crippen LogP contribution in [0.25, 0.3) is 11.2 Å². The SMILES string of the molecule is CNc1nc(N)nc2c1ncn2[C@@H](C)O[C@H](CO[P+](=O)N[C@@H](C)C(=O)OC(C)C)[C@H](C)O. The number of nitrogens with two attached hydrogens (primary N) is 1. The van der Waals surface area contributed by atoms with Gasteiger partial charge in [-0.15, -0.1) is 4.52 Å². The number of fused-ring (bicyclic) bond motifs is 1. The molecule has 2 heterocycles. The quantitative estimate of drug-likeness (QED) is 0.258. The molecule has 0 radical (unpaired) electrons. The Kier molecular flexibility index (Phi) is 9.22. The van der Waals surface area contributed by atoms with Gasteiger partial charge in [0.25, 0.3) is 0 Å². The zero-order valence-corrected chi connectivity index (χ0v) is 19.9. The van der Waals surface area contributed by atoms with Crippen molar-refractivity contribution in [1.29, 1.82) is 0 Å². The van der Waals surface area contributed by atoms with Gasteiger partial charge in [-0.05, 0) is 39.2 Å². The van der Waals surface area contributed by atoms with Gasteiger partial charge in [0.15, 0.2) is 17.0 Å². The Hall–Kier alpha value is -2.44. The molecular formula is C18H31N7O6P+. The Morgan fingerprint density at radius 1 is 1.28 bits per heavy atom. The van der Waals surface area contributed by atoms with Crippen LogP contribution in [0.5, 0.6) is 0 Å². The third kappa shape index (κ3) is 6.78. The lowest BCUT2D eigenvalue weighted by Gasteiger charge is -2.23. The summed E-state index contributed by atoms with van der Waals surface area (Å²) >= 11 is 0. The standard InChI is InChI=1S/C18H31N7O6P/c1-9(2)30-17(27)10(3)24-32(28)29-7-13(11(4)26)31-12(5)25-8-21-14-15(20-6)22-18(19)23-16(14)25/h8-13,26H,7H2,1-6H3,(H,24,28)(H3,19,20,22,23)/q+1/t10-,11-,12+,13+/m0/s1. The molecule has 13 nitrogen and oxygen atoms in total. The second kappa shape index (κ2) is 11.4. The third-order valence-electron chi connectivity index (χ3n) is 4.34. The number of imidazole rings is 1. The fraction of sp³-hybridized carbons (Fsp3) is 0.667. The van der Waals surface area contributed by atoms with E-state index in [2.05, 4.69) is 25.4 Å². The molecule has 178 valence electrons. The fourth-order valence-electron chi connectivity index (χ4n) is 2.71. The van der Waals surface area contributed by atoms with Crippen molar-refractivity contribution in [1.82, 2.24) is 24.6 Å². The Balaban J connectivity index is 2.02. The molecule has 0 bridgehead atoms. The number of nitrogen functional groups attached to an aromatic ring is 1. The first kappa shape index (κ1) is 25.8. The summed E-state index contributed by atoms with van der Waals surface area (Å²) in [7, 11) is -0.706. The number of ether oxygens (including phenoxy) is 2. The molecule has 1 unspecified atom stereocenters. The molecule has 2 aromatic rings. The summed E-state index contributed by atoms with van der Waals surface area (Å²) in [4.78, 5) is 24.4. The van der Waals surface area contributed by atoms with Crippen LogP contribution in [-0.2, 0) is 23.4 Å². The van der Waals surface area contributed by atoms with Gasteiger partial charge in [-0.2, -0.15) is 9.97 Å². The van der Waals surface area contributed by atoms with Crippen molar-refractivity contribution in [2.75, 3.05) is 24.7 Å². The van der Waals surface area contributed by atoms with Crippen LogP contribution in [0.1, 0.15) is 40.8 Å². The highest BCUT2D eigenvalue weighted by Crippen LogP contribution is 2.25. The molecule has 0 amide bonds. The number of nitrogens with one attached hydrogen (secondary N) is 2. The monoisotopic (exact) mass is 472 g/mol. The molecule has 14 heteroatoms. The summed E-state index contributed by atoms with van der Waals surface area (Å²) < 4.78 is 30.1. The van der Waals surface area contributed by atoms with Gasteiger partial charge in [-0.1, -0.05) is 5.09 Å². The lowest BCUT2D eigenvalue weighted by molar-refractivity contribution is -0.149. The number of nitrogens with zero attached hydrogens (tertiary/aromatic N) is 4.